The van der Waals surface area contributed by atoms with Crippen LogP contribution in [0.1, 0.15) is 191 Å². The molecule has 6 aromatic carbocycles. The van der Waals surface area contributed by atoms with E-state index in [0.717, 1.165) is 116 Å². The van der Waals surface area contributed by atoms with Crippen LogP contribution in [-0.2, 0) is 85.2 Å². The van der Waals surface area contributed by atoms with Gasteiger partial charge in [-0.1, -0.05) is 270 Å². The molecule has 0 bridgehead atoms. The van der Waals surface area contributed by atoms with Crippen molar-refractivity contribution in [1.82, 2.24) is 4.90 Å². The summed E-state index contributed by atoms with van der Waals surface area (Å²) in [6.45, 7) is 48.8. The summed E-state index contributed by atoms with van der Waals surface area (Å²) in [6, 6.07) is 56.7. The molecule has 0 aliphatic rings. The molecule has 0 heterocycles. The van der Waals surface area contributed by atoms with E-state index in [0.29, 0.717) is 0 Å². The van der Waals surface area contributed by atoms with Crippen LogP contribution >= 0.6 is 23.8 Å². The van der Waals surface area contributed by atoms with Gasteiger partial charge in [-0.25, -0.2) is 0 Å². The maximum Gasteiger partial charge on any atom is 0.0593 e. The van der Waals surface area contributed by atoms with Crippen molar-refractivity contribution in [3.05, 3.63) is 212 Å². The Bertz CT molecular complexity index is 2440. The average Bonchev–Trinajstić information content (AvgIpc) is 3.21. The van der Waals surface area contributed by atoms with Crippen molar-refractivity contribution in [2.75, 3.05) is 115 Å². The topological polar surface area (TPSA) is 30.9 Å². The molecule has 0 spiro atoms. The number of nitrogens with zero attached hydrogens (tertiary/aromatic N) is 1. The van der Waals surface area contributed by atoms with Crippen molar-refractivity contribution in [2.24, 2.45) is 0 Å². The van der Waals surface area contributed by atoms with Crippen LogP contribution < -0.4 is 0 Å². The molecule has 0 saturated heterocycles. The monoisotopic (exact) mass is 1290 g/mol. The predicted molar refractivity (Wildman–Crippen MR) is 407 cm³/mol. The zero-order valence-corrected chi connectivity index (χ0v) is 63.5. The highest BCUT2D eigenvalue weighted by Gasteiger charge is 2.21. The van der Waals surface area contributed by atoms with Gasteiger partial charge in [-0.05, 0) is 193 Å². The molecule has 0 fully saturated rings. The first-order chi connectivity index (χ1) is 42.9. The molecule has 4 nitrogen and oxygen atoms in total. The summed E-state index contributed by atoms with van der Waals surface area (Å²) in [6.07, 6.45) is 17.6. The Balaban J connectivity index is 1.08. The summed E-state index contributed by atoms with van der Waals surface area (Å²) in [5, 5.41) is 0. The van der Waals surface area contributed by atoms with E-state index in [4.69, 9.17) is 14.2 Å². The van der Waals surface area contributed by atoms with Gasteiger partial charge in [0.1, 0.15) is 0 Å². The molecule has 0 atom stereocenters. The molecule has 0 N–H and O–H groups in total. The lowest BCUT2D eigenvalue weighted by atomic mass is 9.86. The zero-order chi connectivity index (χ0) is 66.3. The Labute approximate surface area is 562 Å². The van der Waals surface area contributed by atoms with E-state index in [-0.39, 0.29) is 56.3 Å². The Morgan fingerprint density at radius 3 is 0.516 bits per heavy atom. The highest BCUT2D eigenvalue weighted by atomic mass is 31.1. The molecule has 0 saturated carbocycles. The minimum absolute atomic E-state index is 0.163. The summed E-state index contributed by atoms with van der Waals surface area (Å²) >= 11 is 0. The van der Waals surface area contributed by atoms with Crippen LogP contribution in [0.4, 0.5) is 0 Å². The van der Waals surface area contributed by atoms with E-state index in [2.05, 4.69) is 275 Å². The van der Waals surface area contributed by atoms with Crippen molar-refractivity contribution >= 4 is 23.8 Å². The minimum atomic E-state index is -0.203. The molecule has 6 rings (SSSR count). The van der Waals surface area contributed by atoms with Gasteiger partial charge in [-0.3, -0.25) is 4.90 Å². The third-order valence-electron chi connectivity index (χ3n) is 18.5. The summed E-state index contributed by atoms with van der Waals surface area (Å²) in [4.78, 5) is 2.56. The molecule has 91 heavy (non-hydrogen) atoms. The lowest BCUT2D eigenvalue weighted by Gasteiger charge is -2.24. The molecule has 6 aromatic rings. The van der Waals surface area contributed by atoms with Crippen LogP contribution in [0.2, 0.25) is 0 Å². The Morgan fingerprint density at radius 2 is 0.374 bits per heavy atom. The van der Waals surface area contributed by atoms with E-state index >= 15 is 0 Å². The molecule has 500 valence electrons. The van der Waals surface area contributed by atoms with E-state index in [1.165, 1.54) is 104 Å². The third-order valence-corrected chi connectivity index (χ3v) is 26.1. The highest BCUT2D eigenvalue weighted by molar-refractivity contribution is 7.58. The number of benzene rings is 6. The first kappa shape index (κ1) is 76.5. The van der Waals surface area contributed by atoms with Gasteiger partial charge in [-0.2, -0.15) is 0 Å². The van der Waals surface area contributed by atoms with Gasteiger partial charge < -0.3 is 14.2 Å². The minimum Gasteiger partial charge on any atom is -0.380 e. The van der Waals surface area contributed by atoms with Crippen LogP contribution in [-0.4, -0.2) is 120 Å². The quantitative estimate of drug-likeness (QED) is 0.0290. The Hall–Kier alpha value is -3.55. The van der Waals surface area contributed by atoms with E-state index in [1.54, 1.807) is 0 Å². The second-order valence-electron chi connectivity index (χ2n) is 32.4. The van der Waals surface area contributed by atoms with E-state index in [9.17, 15) is 0 Å². The second-order valence-corrected chi connectivity index (χ2v) is 40.4. The predicted octanol–water partition coefficient (Wildman–Crippen LogP) is 21.0. The van der Waals surface area contributed by atoms with Crippen LogP contribution in [0.3, 0.4) is 0 Å². The SMILES string of the molecule is CC(C)(C)c1ccc(CCP(CCOCCN(CCOCCP(CCc2ccc(C(C)(C)C)cc2)CCc2ccc(C(C)(C)C)cc2)CCOCCP(CCc2ccc(C(C)(C)C)cc2)CCc2ccc(C(C)(C)C)cc2)CCc2ccc(C(C)(C)C)cc2)cc1. The largest absolute Gasteiger partial charge is 0.380 e. The maximum absolute atomic E-state index is 6.67. The van der Waals surface area contributed by atoms with Crippen molar-refractivity contribution in [3.63, 3.8) is 0 Å². The van der Waals surface area contributed by atoms with Crippen molar-refractivity contribution in [2.45, 2.75) is 196 Å². The van der Waals surface area contributed by atoms with Gasteiger partial charge in [0, 0.05) is 19.6 Å². The van der Waals surface area contributed by atoms with E-state index in [1.807, 2.05) is 0 Å². The molecule has 0 unspecified atom stereocenters. The Kier molecular flexibility index (Phi) is 30.7. The van der Waals surface area contributed by atoms with Crippen LogP contribution in [0, 0.1) is 0 Å². The van der Waals surface area contributed by atoms with Crippen LogP contribution in [0.15, 0.2) is 146 Å². The van der Waals surface area contributed by atoms with Crippen LogP contribution in [0.25, 0.3) is 0 Å². The zero-order valence-electron chi connectivity index (χ0n) is 60.8. The molecule has 0 amide bonds. The fraction of sp³-hybridized carbons (Fsp3) is 0.571. The molecule has 0 radical (unpaired) electrons. The molecule has 0 aromatic heterocycles. The number of hydrogen-bond acceptors (Lipinski definition) is 4. The van der Waals surface area contributed by atoms with Crippen molar-refractivity contribution in [1.29, 1.82) is 0 Å². The number of hydrogen-bond donors (Lipinski definition) is 0. The molecule has 7 heteroatoms. The first-order valence-corrected chi connectivity index (χ1v) is 40.8. The lowest BCUT2D eigenvalue weighted by molar-refractivity contribution is 0.0616. The lowest BCUT2D eigenvalue weighted by Crippen LogP contribution is -2.34. The summed E-state index contributed by atoms with van der Waals surface area (Å²) < 4.78 is 20.0. The first-order valence-electron chi connectivity index (χ1n) is 35.1. The molecule has 0 aliphatic heterocycles. The second kappa shape index (κ2) is 36.5. The van der Waals surface area contributed by atoms with Gasteiger partial charge in [0.05, 0.1) is 39.6 Å². The number of rotatable bonds is 36. The average molecular weight is 1290 g/mol. The standard InChI is InChI=1S/C84H126NO3P3/c1-79(2,3)73-31-19-67(20-32-73)43-58-89(59-44-68-21-33-74(34-22-68)80(4,5)6)64-55-86-52-49-85(50-53-87-56-65-90(60-45-69-23-35-75(36-24-69)81(7,8)9)61-46-70-25-37-76(38-26-70)82(10,11)12)51-54-88-57-66-91(62-47-71-27-39-77(40-28-71)83(13,14)15)63-48-72-29-41-78(42-30-72)84(16,17)18/h19-42H,43-66H2,1-18H3. The van der Waals surface area contributed by atoms with Gasteiger partial charge in [0.2, 0.25) is 0 Å². The highest BCUT2D eigenvalue weighted by Crippen LogP contribution is 2.40. The van der Waals surface area contributed by atoms with Gasteiger partial charge in [-0.15, -0.1) is 23.8 Å². The van der Waals surface area contributed by atoms with E-state index < -0.39 is 0 Å². The summed E-state index contributed by atoms with van der Waals surface area (Å²) in [7, 11) is -0.609. The van der Waals surface area contributed by atoms with Crippen LogP contribution in [0.5, 0.6) is 0 Å². The van der Waals surface area contributed by atoms with Gasteiger partial charge in [0.15, 0.2) is 0 Å². The molecular formula is C84H126NO3P3. The summed E-state index contributed by atoms with van der Waals surface area (Å²) in [5.74, 6) is 0. The Morgan fingerprint density at radius 1 is 0.220 bits per heavy atom. The number of aryl methyl sites for hydroxylation is 6. The maximum atomic E-state index is 6.67. The molecular weight excluding hydrogens is 1160 g/mol. The fourth-order valence-electron chi connectivity index (χ4n) is 11.6. The van der Waals surface area contributed by atoms with Gasteiger partial charge >= 0.3 is 0 Å². The third kappa shape index (κ3) is 28.7. The van der Waals surface area contributed by atoms with Crippen molar-refractivity contribution < 1.29 is 14.2 Å². The fourth-order valence-corrected chi connectivity index (χ4v) is 18.2. The van der Waals surface area contributed by atoms with Gasteiger partial charge in [0.25, 0.3) is 0 Å². The smallest absolute Gasteiger partial charge is 0.0593 e. The number of ether oxygens (including phenoxy) is 3. The summed E-state index contributed by atoms with van der Waals surface area (Å²) in [5.41, 5.74) is 18.1. The molecule has 0 aliphatic carbocycles. The normalized spacial score (nSPS) is 13.0. The van der Waals surface area contributed by atoms with Crippen molar-refractivity contribution in [3.8, 4) is 0 Å².